The minimum absolute atomic E-state index is 0. The largest absolute Gasteiger partial charge is 1.00 e. The van der Waals surface area contributed by atoms with E-state index in [4.69, 9.17) is 0 Å². The second-order valence-electron chi connectivity index (χ2n) is 8.77. The fourth-order valence-corrected chi connectivity index (χ4v) is 9.94. The first-order chi connectivity index (χ1) is 11.8. The number of allylic oxidation sites excluding steroid dienone is 1. The first kappa shape index (κ1) is 25.4. The Bertz CT molecular complexity index is 1020. The van der Waals surface area contributed by atoms with Crippen LogP contribution in [-0.4, -0.2) is 16.5 Å². The summed E-state index contributed by atoms with van der Waals surface area (Å²) in [6, 6.07) is 15.8. The summed E-state index contributed by atoms with van der Waals surface area (Å²) in [5, 5.41) is 10.7. The number of benzene rings is 3. The van der Waals surface area contributed by atoms with Crippen LogP contribution in [0.5, 0.6) is 0 Å². The zero-order chi connectivity index (χ0) is 17.8. The molecule has 150 valence electrons. The van der Waals surface area contributed by atoms with Gasteiger partial charge in [-0.1, -0.05) is 0 Å². The van der Waals surface area contributed by atoms with Gasteiger partial charge in [0.15, 0.2) is 0 Å². The van der Waals surface area contributed by atoms with Gasteiger partial charge in [0.2, 0.25) is 0 Å². The van der Waals surface area contributed by atoms with E-state index in [2.05, 4.69) is 89.6 Å². The molecule has 0 atom stereocenters. The van der Waals surface area contributed by atoms with Gasteiger partial charge in [0, 0.05) is 0 Å². The molecule has 0 saturated carbocycles. The van der Waals surface area contributed by atoms with Crippen LogP contribution in [0.2, 0.25) is 10.5 Å². The Morgan fingerprint density at radius 1 is 0.857 bits per heavy atom. The number of nitrogens with one attached hydrogen (secondary N) is 1. The van der Waals surface area contributed by atoms with Crippen LogP contribution in [0.15, 0.2) is 48.5 Å². The molecular formula is C23H31Cl2NSiTi. The molecule has 0 bridgehead atoms. The Kier molecular flexibility index (Phi) is 8.21. The van der Waals surface area contributed by atoms with Gasteiger partial charge >= 0.3 is 155 Å². The molecular weight excluding hydrogens is 437 g/mol. The molecule has 1 nitrogen and oxygen atoms in total. The minimum Gasteiger partial charge on any atom is -1.00 e. The second-order valence-corrected chi connectivity index (χ2v) is 15.1. The Hall–Kier alpha value is -0.609. The normalized spacial score (nSPS) is 12.3. The first-order valence-electron chi connectivity index (χ1n) is 9.21. The molecule has 0 aromatic heterocycles. The third-order valence-corrected chi connectivity index (χ3v) is 10.1. The molecule has 3 aromatic carbocycles. The van der Waals surface area contributed by atoms with Gasteiger partial charge in [0.05, 0.1) is 0 Å². The van der Waals surface area contributed by atoms with Crippen LogP contribution in [0.25, 0.3) is 27.6 Å². The number of hydrogen-bond donors (Lipinski definition) is 1. The van der Waals surface area contributed by atoms with Crippen molar-refractivity contribution in [1.82, 2.24) is 3.80 Å². The van der Waals surface area contributed by atoms with E-state index in [-0.39, 0.29) is 41.3 Å². The smallest absolute Gasteiger partial charge is 0.0149 e. The molecule has 4 rings (SSSR count). The van der Waals surface area contributed by atoms with E-state index in [0.29, 0.717) is 0 Å². The summed E-state index contributed by atoms with van der Waals surface area (Å²) >= 11 is -2.38. The van der Waals surface area contributed by atoms with Gasteiger partial charge in [-0.15, -0.1) is 0 Å². The molecule has 0 aliphatic heterocycles. The van der Waals surface area contributed by atoms with Crippen molar-refractivity contribution < 1.29 is 41.7 Å². The number of fused-ring (bicyclic) bond motifs is 6. The third kappa shape index (κ3) is 4.43. The maximum Gasteiger partial charge on any atom is -0.0149 e. The Labute approximate surface area is 189 Å². The van der Waals surface area contributed by atoms with Crippen molar-refractivity contribution in [2.45, 2.75) is 43.2 Å². The van der Waals surface area contributed by atoms with E-state index in [1.165, 1.54) is 32.7 Å². The Morgan fingerprint density at radius 2 is 1.46 bits per heavy atom. The van der Waals surface area contributed by atoms with Crippen molar-refractivity contribution in [1.29, 1.82) is 0 Å². The SMILES string of the molecule is CC(C)(C)[NH][Ti+2]([CH3])([CH3])[c]1cccc2c1c1c(c3ccccc32)C=CC1.[Cl-].[Cl-].[SiH4]. The van der Waals surface area contributed by atoms with Crippen LogP contribution < -0.4 is 32.5 Å². The van der Waals surface area contributed by atoms with Crippen molar-refractivity contribution in [3.8, 4) is 0 Å². The van der Waals surface area contributed by atoms with Gasteiger partial charge in [-0.2, -0.15) is 0 Å². The second kappa shape index (κ2) is 9.04. The van der Waals surface area contributed by atoms with Crippen LogP contribution in [0.4, 0.5) is 0 Å². The predicted molar refractivity (Wildman–Crippen MR) is 120 cm³/mol. The van der Waals surface area contributed by atoms with E-state index in [1.807, 2.05) is 0 Å². The zero-order valence-electron chi connectivity index (χ0n) is 16.7. The number of rotatable bonds is 2. The molecule has 1 N–H and O–H groups in total. The van der Waals surface area contributed by atoms with Crippen LogP contribution in [0, 0.1) is 0 Å². The maximum atomic E-state index is 4.01. The van der Waals surface area contributed by atoms with E-state index >= 15 is 0 Å². The van der Waals surface area contributed by atoms with Crippen LogP contribution in [0.1, 0.15) is 31.9 Å². The quantitative estimate of drug-likeness (QED) is 0.350. The molecule has 0 spiro atoms. The fourth-order valence-electron chi connectivity index (χ4n) is 4.57. The summed E-state index contributed by atoms with van der Waals surface area (Å²) in [5.41, 5.74) is 3.10. The van der Waals surface area contributed by atoms with Gasteiger partial charge in [-0.25, -0.2) is 0 Å². The monoisotopic (exact) mass is 467 g/mol. The summed E-state index contributed by atoms with van der Waals surface area (Å²) in [6.45, 7) is 6.85. The molecule has 3 aromatic rings. The van der Waals surface area contributed by atoms with Crippen LogP contribution in [0.3, 0.4) is 0 Å². The average molecular weight is 468 g/mol. The van der Waals surface area contributed by atoms with Crippen molar-refractivity contribution in [2.75, 3.05) is 0 Å². The van der Waals surface area contributed by atoms with E-state index in [1.54, 1.807) is 3.87 Å². The zero-order valence-corrected chi connectivity index (χ0v) is 19.7. The van der Waals surface area contributed by atoms with E-state index < -0.39 is 16.8 Å². The van der Waals surface area contributed by atoms with Gasteiger partial charge in [0.1, 0.15) is 0 Å². The van der Waals surface area contributed by atoms with Crippen LogP contribution in [-0.2, 0) is 23.3 Å². The molecule has 0 amide bonds. The van der Waals surface area contributed by atoms with E-state index in [0.717, 1.165) is 6.42 Å². The van der Waals surface area contributed by atoms with Gasteiger partial charge < -0.3 is 24.8 Å². The standard InChI is InChI=1S/C17H11.C4H10N.2CH3.2ClH.H4Si.Ti/c1-3-8-14-12(6-1)13-7-2-4-9-15(13)17-11-5-10-16(14)17;1-4(2,3)5;;;;;;/h1-8,10H,11H2;5H,1-3H3;2*1H3;2*1H;1H4;/q;-1;;;;;;+3/p-2. The summed E-state index contributed by atoms with van der Waals surface area (Å²) in [4.78, 5) is 0. The van der Waals surface area contributed by atoms with Crippen molar-refractivity contribution in [3.05, 3.63) is 59.7 Å². The summed E-state index contributed by atoms with van der Waals surface area (Å²) in [5.74, 6) is 0. The Morgan fingerprint density at radius 3 is 2.11 bits per heavy atom. The summed E-state index contributed by atoms with van der Waals surface area (Å²) in [6.07, 6.45) is 5.71. The minimum atomic E-state index is -2.38. The Balaban J connectivity index is 0.00000131. The average Bonchev–Trinajstić information content (AvgIpc) is 3.02. The number of halogens is 2. The maximum absolute atomic E-state index is 4.01. The number of hydrogen-bond acceptors (Lipinski definition) is 1. The van der Waals surface area contributed by atoms with Gasteiger partial charge in [-0.3, -0.25) is 0 Å². The molecule has 0 fully saturated rings. The molecule has 1 aliphatic carbocycles. The van der Waals surface area contributed by atoms with Crippen molar-refractivity contribution in [3.63, 3.8) is 0 Å². The topological polar surface area (TPSA) is 12.0 Å². The van der Waals surface area contributed by atoms with Crippen molar-refractivity contribution in [2.24, 2.45) is 0 Å². The fraction of sp³-hybridized carbons (Fsp3) is 0.304. The van der Waals surface area contributed by atoms with Crippen LogP contribution >= 0.6 is 0 Å². The summed E-state index contributed by atoms with van der Waals surface area (Å²) in [7, 11) is 0. The third-order valence-electron chi connectivity index (χ3n) is 5.17. The molecule has 0 radical (unpaired) electrons. The first-order valence-corrected chi connectivity index (χ1v) is 13.9. The van der Waals surface area contributed by atoms with Gasteiger partial charge in [0.25, 0.3) is 0 Å². The molecule has 0 heterocycles. The molecule has 0 unspecified atom stereocenters. The predicted octanol–water partition coefficient (Wildman–Crippen LogP) is -1.70. The van der Waals surface area contributed by atoms with E-state index in [9.17, 15) is 0 Å². The molecule has 0 saturated heterocycles. The summed E-state index contributed by atoms with van der Waals surface area (Å²) < 4.78 is 5.59. The van der Waals surface area contributed by atoms with Crippen molar-refractivity contribution >= 4 is 42.5 Å². The molecule has 28 heavy (non-hydrogen) atoms. The molecule has 1 aliphatic rings. The van der Waals surface area contributed by atoms with Gasteiger partial charge in [-0.05, 0) is 11.0 Å². The molecule has 5 heteroatoms.